The van der Waals surface area contributed by atoms with Gasteiger partial charge in [-0.3, -0.25) is 4.79 Å². The van der Waals surface area contributed by atoms with E-state index in [0.717, 1.165) is 29.7 Å². The van der Waals surface area contributed by atoms with Crippen molar-refractivity contribution in [2.75, 3.05) is 5.32 Å². The van der Waals surface area contributed by atoms with Gasteiger partial charge in [0, 0.05) is 17.8 Å². The first-order valence-electron chi connectivity index (χ1n) is 7.67. The summed E-state index contributed by atoms with van der Waals surface area (Å²) >= 11 is 0. The Morgan fingerprint density at radius 1 is 1.52 bits per heavy atom. The first-order chi connectivity index (χ1) is 11.2. The van der Waals surface area contributed by atoms with Gasteiger partial charge in [0.2, 0.25) is 0 Å². The monoisotopic (exact) mass is 310 g/mol. The minimum Gasteiger partial charge on any atom is -0.366 e. The van der Waals surface area contributed by atoms with Gasteiger partial charge in [-0.2, -0.15) is 5.26 Å². The minimum absolute atomic E-state index is 0.0486. The molecule has 0 aliphatic heterocycles. The zero-order valence-corrected chi connectivity index (χ0v) is 12.7. The van der Waals surface area contributed by atoms with Crippen molar-refractivity contribution in [1.29, 1.82) is 5.26 Å². The summed E-state index contributed by atoms with van der Waals surface area (Å²) < 4.78 is 0. The molecular formula is C16H18N6O. The normalized spacial score (nSPS) is 15.7. The maximum Gasteiger partial charge on any atom is 0.259 e. The minimum atomic E-state index is -0.720. The highest BCUT2D eigenvalue weighted by atomic mass is 16.1. The average molecular weight is 310 g/mol. The van der Waals surface area contributed by atoms with Crippen molar-refractivity contribution in [1.82, 2.24) is 15.0 Å². The molecule has 7 heteroatoms. The lowest BCUT2D eigenvalue weighted by Crippen LogP contribution is -2.15. The van der Waals surface area contributed by atoms with E-state index in [1.54, 1.807) is 18.5 Å². The van der Waals surface area contributed by atoms with E-state index in [1.807, 2.05) is 0 Å². The van der Waals surface area contributed by atoms with Gasteiger partial charge in [-0.05, 0) is 19.3 Å². The lowest BCUT2D eigenvalue weighted by Gasteiger charge is -2.12. The summed E-state index contributed by atoms with van der Waals surface area (Å²) in [6.45, 7) is 0. The van der Waals surface area contributed by atoms with Crippen LogP contribution in [0.25, 0.3) is 11.2 Å². The second kappa shape index (κ2) is 6.48. The predicted octanol–water partition coefficient (Wildman–Crippen LogP) is 1.79. The number of hydrogen-bond donors (Lipinski definition) is 3. The molecule has 1 saturated carbocycles. The number of allylic oxidation sites excluding steroid dienone is 1. The number of rotatable bonds is 5. The summed E-state index contributed by atoms with van der Waals surface area (Å²) in [5.41, 5.74) is 7.39. The third kappa shape index (κ3) is 3.31. The molecule has 2 aromatic heterocycles. The summed E-state index contributed by atoms with van der Waals surface area (Å²) in [6, 6.07) is 2.26. The Balaban J connectivity index is 1.83. The van der Waals surface area contributed by atoms with Gasteiger partial charge in [-0.15, -0.1) is 0 Å². The van der Waals surface area contributed by atoms with E-state index in [-0.39, 0.29) is 5.57 Å². The Bertz CT molecular complexity index is 794. The summed E-state index contributed by atoms with van der Waals surface area (Å²) in [5, 5.41) is 12.3. The topological polar surface area (TPSA) is 120 Å². The molecule has 3 rings (SSSR count). The van der Waals surface area contributed by atoms with Gasteiger partial charge in [0.05, 0.1) is 6.20 Å². The number of amides is 1. The number of nitriles is 1. The van der Waals surface area contributed by atoms with Crippen LogP contribution >= 0.6 is 0 Å². The van der Waals surface area contributed by atoms with Crippen LogP contribution in [0.4, 0.5) is 5.82 Å². The number of nitrogens with two attached hydrogens (primary N) is 1. The largest absolute Gasteiger partial charge is 0.366 e. The Kier molecular flexibility index (Phi) is 4.24. The highest BCUT2D eigenvalue weighted by Crippen LogP contribution is 2.23. The molecule has 0 aromatic carbocycles. The van der Waals surface area contributed by atoms with Crippen LogP contribution in [0.5, 0.6) is 0 Å². The number of primary amides is 1. The molecule has 7 nitrogen and oxygen atoms in total. The summed E-state index contributed by atoms with van der Waals surface area (Å²) in [5.74, 6) is 0.0339. The molecule has 118 valence electrons. The molecule has 0 bridgehead atoms. The van der Waals surface area contributed by atoms with Crippen LogP contribution in [0.1, 0.15) is 31.2 Å². The van der Waals surface area contributed by atoms with Crippen molar-refractivity contribution in [2.24, 2.45) is 5.73 Å². The van der Waals surface area contributed by atoms with E-state index in [2.05, 4.69) is 20.3 Å². The van der Waals surface area contributed by atoms with Crippen LogP contribution in [0.2, 0.25) is 0 Å². The summed E-state index contributed by atoms with van der Waals surface area (Å²) in [6.07, 6.45) is 10.2. The second-order valence-corrected chi connectivity index (χ2v) is 5.69. The van der Waals surface area contributed by atoms with Crippen LogP contribution in [0.15, 0.2) is 24.0 Å². The fourth-order valence-corrected chi connectivity index (χ4v) is 2.86. The molecule has 0 spiro atoms. The van der Waals surface area contributed by atoms with Crippen molar-refractivity contribution < 1.29 is 4.79 Å². The number of fused-ring (bicyclic) bond motifs is 1. The van der Waals surface area contributed by atoms with Gasteiger partial charge >= 0.3 is 0 Å². The zero-order chi connectivity index (χ0) is 16.2. The first-order valence-corrected chi connectivity index (χ1v) is 7.67. The Morgan fingerprint density at radius 3 is 3.00 bits per heavy atom. The van der Waals surface area contributed by atoms with Crippen LogP contribution in [-0.4, -0.2) is 26.9 Å². The number of hydrogen-bond acceptors (Lipinski definition) is 5. The third-order valence-corrected chi connectivity index (χ3v) is 4.08. The van der Waals surface area contributed by atoms with Crippen LogP contribution in [-0.2, 0) is 11.2 Å². The summed E-state index contributed by atoms with van der Waals surface area (Å²) in [7, 11) is 0. The van der Waals surface area contributed by atoms with Crippen molar-refractivity contribution in [3.05, 3.63) is 29.6 Å². The maximum atomic E-state index is 11.1. The lowest BCUT2D eigenvalue weighted by molar-refractivity contribution is -0.114. The van der Waals surface area contributed by atoms with Gasteiger partial charge in [0.15, 0.2) is 5.65 Å². The molecule has 2 aromatic rings. The zero-order valence-electron chi connectivity index (χ0n) is 12.7. The van der Waals surface area contributed by atoms with Gasteiger partial charge in [-0.25, -0.2) is 9.97 Å². The molecule has 1 amide bonds. The number of nitrogens with one attached hydrogen (secondary N) is 2. The van der Waals surface area contributed by atoms with E-state index in [4.69, 9.17) is 11.0 Å². The van der Waals surface area contributed by atoms with E-state index < -0.39 is 5.91 Å². The van der Waals surface area contributed by atoms with Gasteiger partial charge in [0.1, 0.15) is 23.0 Å². The molecule has 1 aliphatic rings. The molecule has 0 unspecified atom stereocenters. The standard InChI is InChI=1S/C16H18N6O/c17-7-10(15(18)23)5-6-11-8-19-16-14(11)22-13(9-20-16)21-12-3-1-2-4-12/h5,8-9,12H,1-4,6H2,(H2,18,23)(H,19,20)(H,21,22)/b10-5+. The van der Waals surface area contributed by atoms with Crippen LogP contribution in [0, 0.1) is 11.3 Å². The second-order valence-electron chi connectivity index (χ2n) is 5.69. The van der Waals surface area contributed by atoms with Crippen LogP contribution < -0.4 is 11.1 Å². The van der Waals surface area contributed by atoms with E-state index in [0.29, 0.717) is 18.1 Å². The van der Waals surface area contributed by atoms with Gasteiger partial charge in [-0.1, -0.05) is 18.9 Å². The maximum absolute atomic E-state index is 11.1. The number of H-pyrrole nitrogens is 1. The fraction of sp³-hybridized carbons (Fsp3) is 0.375. The predicted molar refractivity (Wildman–Crippen MR) is 86.4 cm³/mol. The number of aromatic amines is 1. The first kappa shape index (κ1) is 15.0. The number of aromatic nitrogens is 3. The Morgan fingerprint density at radius 2 is 2.30 bits per heavy atom. The molecule has 1 aliphatic carbocycles. The smallest absolute Gasteiger partial charge is 0.259 e. The molecule has 23 heavy (non-hydrogen) atoms. The molecule has 0 radical (unpaired) electrons. The average Bonchev–Trinajstić information content (AvgIpc) is 3.17. The molecular weight excluding hydrogens is 292 g/mol. The lowest BCUT2D eigenvalue weighted by atomic mass is 10.1. The number of carbonyl (C=O) groups excluding carboxylic acids is 1. The Labute approximate surface area is 133 Å². The van der Waals surface area contributed by atoms with Crippen molar-refractivity contribution in [3.63, 3.8) is 0 Å². The van der Waals surface area contributed by atoms with Crippen molar-refractivity contribution >= 4 is 22.9 Å². The van der Waals surface area contributed by atoms with E-state index >= 15 is 0 Å². The highest BCUT2D eigenvalue weighted by molar-refractivity contribution is 5.96. The van der Waals surface area contributed by atoms with E-state index in [1.165, 1.54) is 18.9 Å². The number of anilines is 1. The van der Waals surface area contributed by atoms with Gasteiger partial charge < -0.3 is 16.0 Å². The molecule has 0 atom stereocenters. The SMILES string of the molecule is N#C/C(=C\Cc1c[nH]c2ncc(NC3CCCC3)nc12)C(N)=O. The van der Waals surface area contributed by atoms with Crippen molar-refractivity contribution in [3.8, 4) is 6.07 Å². The number of nitrogens with zero attached hydrogens (tertiary/aromatic N) is 3. The fourth-order valence-electron chi connectivity index (χ4n) is 2.86. The van der Waals surface area contributed by atoms with Gasteiger partial charge in [0.25, 0.3) is 5.91 Å². The number of carbonyl (C=O) groups is 1. The van der Waals surface area contributed by atoms with E-state index in [9.17, 15) is 4.79 Å². The van der Waals surface area contributed by atoms with Crippen molar-refractivity contribution in [2.45, 2.75) is 38.1 Å². The molecule has 2 heterocycles. The molecule has 4 N–H and O–H groups in total. The molecule has 0 saturated heterocycles. The van der Waals surface area contributed by atoms with Crippen LogP contribution in [0.3, 0.4) is 0 Å². The Hall–Kier alpha value is -2.88. The highest BCUT2D eigenvalue weighted by Gasteiger charge is 2.16. The quantitative estimate of drug-likeness (QED) is 0.574. The summed E-state index contributed by atoms with van der Waals surface area (Å²) in [4.78, 5) is 23.1. The third-order valence-electron chi connectivity index (χ3n) is 4.08. The molecule has 1 fully saturated rings.